The predicted molar refractivity (Wildman–Crippen MR) is 68.3 cm³/mol. The quantitative estimate of drug-likeness (QED) is 0.798. The molecule has 0 radical (unpaired) electrons. The zero-order valence-electron chi connectivity index (χ0n) is 10.4. The van der Waals surface area contributed by atoms with Crippen LogP contribution >= 0.6 is 0 Å². The Hall–Kier alpha value is -1.57. The van der Waals surface area contributed by atoms with Crippen molar-refractivity contribution in [2.45, 2.75) is 18.9 Å². The van der Waals surface area contributed by atoms with Crippen molar-refractivity contribution < 1.29 is 9.84 Å². The fraction of sp³-hybridized carbons (Fsp3) is 0.500. The van der Waals surface area contributed by atoms with Crippen LogP contribution in [0, 0.1) is 11.3 Å². The van der Waals surface area contributed by atoms with Gasteiger partial charge in [-0.05, 0) is 31.0 Å². The van der Waals surface area contributed by atoms with Crippen molar-refractivity contribution in [2.24, 2.45) is 0 Å². The molecule has 4 heteroatoms. The molecule has 96 valence electrons. The average Bonchev–Trinajstić information content (AvgIpc) is 2.81. The van der Waals surface area contributed by atoms with Crippen LogP contribution in [0.1, 0.15) is 18.4 Å². The number of likely N-dealkylation sites (tertiary alicyclic amines) is 1. The molecule has 0 aromatic heterocycles. The van der Waals surface area contributed by atoms with Crippen LogP contribution in [-0.4, -0.2) is 42.4 Å². The van der Waals surface area contributed by atoms with E-state index in [1.807, 2.05) is 12.1 Å². The minimum atomic E-state index is -0.154. The Bertz CT molecular complexity index is 428. The Morgan fingerprint density at radius 2 is 2.39 bits per heavy atom. The third-order valence-corrected chi connectivity index (χ3v) is 3.10. The fourth-order valence-corrected chi connectivity index (χ4v) is 2.15. The van der Waals surface area contributed by atoms with Crippen molar-refractivity contribution in [2.75, 3.05) is 26.2 Å². The summed E-state index contributed by atoms with van der Waals surface area (Å²) in [7, 11) is 0. The van der Waals surface area contributed by atoms with Crippen LogP contribution in [0.15, 0.2) is 24.3 Å². The lowest BCUT2D eigenvalue weighted by Crippen LogP contribution is -2.24. The highest BCUT2D eigenvalue weighted by Gasteiger charge is 2.19. The first-order chi connectivity index (χ1) is 8.78. The van der Waals surface area contributed by atoms with Crippen molar-refractivity contribution >= 4 is 0 Å². The summed E-state index contributed by atoms with van der Waals surface area (Å²) in [4.78, 5) is 2.25. The van der Waals surface area contributed by atoms with Crippen molar-refractivity contribution in [3.63, 3.8) is 0 Å². The molecule has 2 rings (SSSR count). The molecule has 1 N–H and O–H groups in total. The molecule has 1 heterocycles. The molecular weight excluding hydrogens is 228 g/mol. The smallest absolute Gasteiger partial charge is 0.120 e. The van der Waals surface area contributed by atoms with Crippen LogP contribution in [0.3, 0.4) is 0 Å². The van der Waals surface area contributed by atoms with Crippen molar-refractivity contribution in [1.29, 1.82) is 5.26 Å². The summed E-state index contributed by atoms with van der Waals surface area (Å²) in [5, 5.41) is 18.2. The van der Waals surface area contributed by atoms with Crippen LogP contribution < -0.4 is 4.74 Å². The molecule has 0 aliphatic carbocycles. The zero-order valence-corrected chi connectivity index (χ0v) is 10.4. The highest BCUT2D eigenvalue weighted by molar-refractivity contribution is 5.36. The largest absolute Gasteiger partial charge is 0.494 e. The normalized spacial score (nSPS) is 19.7. The molecule has 1 saturated heterocycles. The Morgan fingerprint density at radius 1 is 1.50 bits per heavy atom. The maximum absolute atomic E-state index is 9.39. The molecule has 18 heavy (non-hydrogen) atoms. The van der Waals surface area contributed by atoms with E-state index in [0.717, 1.165) is 38.2 Å². The van der Waals surface area contributed by atoms with E-state index in [1.165, 1.54) is 0 Å². The van der Waals surface area contributed by atoms with Gasteiger partial charge in [-0.25, -0.2) is 0 Å². The second-order valence-electron chi connectivity index (χ2n) is 4.58. The summed E-state index contributed by atoms with van der Waals surface area (Å²) in [5.41, 5.74) is 0.621. The summed E-state index contributed by atoms with van der Waals surface area (Å²) in [6.07, 6.45) is 1.66. The lowest BCUT2D eigenvalue weighted by molar-refractivity contribution is 0.173. The van der Waals surface area contributed by atoms with Gasteiger partial charge in [0.05, 0.1) is 24.3 Å². The van der Waals surface area contributed by atoms with Gasteiger partial charge in [-0.2, -0.15) is 5.26 Å². The molecule has 1 aliphatic heterocycles. The zero-order chi connectivity index (χ0) is 12.8. The number of aliphatic hydroxyl groups excluding tert-OH is 1. The maximum Gasteiger partial charge on any atom is 0.120 e. The van der Waals surface area contributed by atoms with Crippen LogP contribution in [0.2, 0.25) is 0 Å². The van der Waals surface area contributed by atoms with Gasteiger partial charge in [0.25, 0.3) is 0 Å². The van der Waals surface area contributed by atoms with E-state index < -0.39 is 0 Å². The van der Waals surface area contributed by atoms with Crippen LogP contribution in [0.25, 0.3) is 0 Å². The molecule has 4 nitrogen and oxygen atoms in total. The lowest BCUT2D eigenvalue weighted by Gasteiger charge is -2.14. The number of hydrogen-bond acceptors (Lipinski definition) is 4. The third-order valence-electron chi connectivity index (χ3n) is 3.10. The summed E-state index contributed by atoms with van der Waals surface area (Å²) in [6.45, 7) is 3.35. The Morgan fingerprint density at radius 3 is 3.11 bits per heavy atom. The molecule has 1 fully saturated rings. The predicted octanol–water partition coefficient (Wildman–Crippen LogP) is 1.39. The number of aliphatic hydroxyl groups is 1. The van der Waals surface area contributed by atoms with Gasteiger partial charge in [0, 0.05) is 19.6 Å². The Kier molecular flexibility index (Phi) is 4.57. The number of β-amino-alcohol motifs (C(OH)–C–C–N with tert-alkyl or cyclic N) is 1. The molecule has 0 saturated carbocycles. The summed E-state index contributed by atoms with van der Waals surface area (Å²) in [6, 6.07) is 9.29. The van der Waals surface area contributed by atoms with E-state index in [9.17, 15) is 5.11 Å². The average molecular weight is 246 g/mol. The van der Waals surface area contributed by atoms with E-state index in [2.05, 4.69) is 11.0 Å². The monoisotopic (exact) mass is 246 g/mol. The molecule has 1 aliphatic rings. The highest BCUT2D eigenvalue weighted by Crippen LogP contribution is 2.13. The van der Waals surface area contributed by atoms with Crippen molar-refractivity contribution in [1.82, 2.24) is 4.90 Å². The molecule has 0 bridgehead atoms. The van der Waals surface area contributed by atoms with Crippen LogP contribution in [0.5, 0.6) is 5.75 Å². The lowest BCUT2D eigenvalue weighted by atomic mass is 10.2. The molecule has 1 atom stereocenters. The molecule has 0 amide bonds. The summed E-state index contributed by atoms with van der Waals surface area (Å²) >= 11 is 0. The van der Waals surface area contributed by atoms with Gasteiger partial charge < -0.3 is 14.7 Å². The minimum Gasteiger partial charge on any atom is -0.494 e. The van der Waals surface area contributed by atoms with Gasteiger partial charge in [0.2, 0.25) is 0 Å². The van der Waals surface area contributed by atoms with Gasteiger partial charge in [0.1, 0.15) is 5.75 Å². The Labute approximate surface area is 107 Å². The van der Waals surface area contributed by atoms with Gasteiger partial charge in [-0.15, -0.1) is 0 Å². The van der Waals surface area contributed by atoms with E-state index in [-0.39, 0.29) is 6.10 Å². The summed E-state index contributed by atoms with van der Waals surface area (Å²) < 4.78 is 5.59. The summed E-state index contributed by atoms with van der Waals surface area (Å²) in [5.74, 6) is 0.746. The van der Waals surface area contributed by atoms with Crippen molar-refractivity contribution in [3.05, 3.63) is 29.8 Å². The Balaban J connectivity index is 1.67. The first kappa shape index (κ1) is 12.9. The van der Waals surface area contributed by atoms with E-state index in [1.54, 1.807) is 12.1 Å². The number of rotatable bonds is 5. The van der Waals surface area contributed by atoms with Gasteiger partial charge in [-0.3, -0.25) is 0 Å². The molecular formula is C14H18N2O2. The van der Waals surface area contributed by atoms with E-state index in [0.29, 0.717) is 12.2 Å². The first-order valence-electron chi connectivity index (χ1n) is 6.31. The molecule has 0 spiro atoms. The number of nitriles is 1. The van der Waals surface area contributed by atoms with Crippen LogP contribution in [-0.2, 0) is 0 Å². The van der Waals surface area contributed by atoms with Gasteiger partial charge in [-0.1, -0.05) is 6.07 Å². The second-order valence-corrected chi connectivity index (χ2v) is 4.58. The number of nitrogens with zero attached hydrogens (tertiary/aromatic N) is 2. The number of benzene rings is 1. The first-order valence-corrected chi connectivity index (χ1v) is 6.31. The molecule has 1 aromatic carbocycles. The molecule has 1 unspecified atom stereocenters. The third kappa shape index (κ3) is 3.73. The van der Waals surface area contributed by atoms with E-state index >= 15 is 0 Å². The fourth-order valence-electron chi connectivity index (χ4n) is 2.15. The highest BCUT2D eigenvalue weighted by atomic mass is 16.5. The topological polar surface area (TPSA) is 56.5 Å². The number of ether oxygens (including phenoxy) is 1. The SMILES string of the molecule is N#Cc1cccc(OCCCN2CCC(O)C2)c1. The van der Waals surface area contributed by atoms with Crippen molar-refractivity contribution in [3.8, 4) is 11.8 Å². The maximum atomic E-state index is 9.39. The standard InChI is InChI=1S/C14H18N2O2/c15-10-12-3-1-4-14(9-12)18-8-2-6-16-7-5-13(17)11-16/h1,3-4,9,13,17H,2,5-8,11H2. The van der Waals surface area contributed by atoms with Gasteiger partial charge >= 0.3 is 0 Å². The minimum absolute atomic E-state index is 0.154. The van der Waals surface area contributed by atoms with E-state index in [4.69, 9.17) is 10.00 Å². The number of hydrogen-bond donors (Lipinski definition) is 1. The molecule has 1 aromatic rings. The van der Waals surface area contributed by atoms with Crippen LogP contribution in [0.4, 0.5) is 0 Å². The van der Waals surface area contributed by atoms with Gasteiger partial charge in [0.15, 0.2) is 0 Å². The second kappa shape index (κ2) is 6.39.